The largest absolute Gasteiger partial charge is 0.260 e. The van der Waals surface area contributed by atoms with Gasteiger partial charge in [0.15, 0.2) is 0 Å². The topological polar surface area (TPSA) is 53.8 Å². The van der Waals surface area contributed by atoms with E-state index in [1.165, 1.54) is 0 Å². The molecule has 0 saturated carbocycles. The van der Waals surface area contributed by atoms with E-state index in [1.807, 2.05) is 6.07 Å². The molecule has 3 nitrogen and oxygen atoms in total. The Bertz CT molecular complexity index is 498. The molecule has 2 heterocycles. The fourth-order valence-electron chi connectivity index (χ4n) is 2.01. The highest BCUT2D eigenvalue weighted by molar-refractivity contribution is 7.91. The average molecular weight is 224 g/mol. The molecule has 0 aromatic carbocycles. The van der Waals surface area contributed by atoms with Crippen LogP contribution in [-0.4, -0.2) is 9.19 Å². The van der Waals surface area contributed by atoms with Gasteiger partial charge in [-0.2, -0.15) is 0 Å². The predicted molar refractivity (Wildman–Crippen MR) is 61.2 cm³/mol. The van der Waals surface area contributed by atoms with Gasteiger partial charge in [0.05, 0.1) is 26.9 Å². The molecule has 15 heavy (non-hydrogen) atoms. The van der Waals surface area contributed by atoms with E-state index in [0.29, 0.717) is 11.5 Å². The van der Waals surface area contributed by atoms with Crippen molar-refractivity contribution >= 4 is 9.73 Å². The van der Waals surface area contributed by atoms with E-state index < -0.39 is 9.73 Å². The minimum Gasteiger partial charge on any atom is -0.260 e. The SMILES string of the molecule is CC(C)(C)c1nccc2c1C[S@@](=N)(=O)C2. The van der Waals surface area contributed by atoms with Gasteiger partial charge >= 0.3 is 0 Å². The van der Waals surface area contributed by atoms with Crippen LogP contribution in [0.15, 0.2) is 12.3 Å². The fourth-order valence-corrected chi connectivity index (χ4v) is 3.67. The molecular formula is C11H16N2OS. The van der Waals surface area contributed by atoms with Gasteiger partial charge in [-0.25, -0.2) is 4.21 Å². The first-order valence-corrected chi connectivity index (χ1v) is 6.91. The van der Waals surface area contributed by atoms with Crippen LogP contribution in [0.1, 0.15) is 37.6 Å². The van der Waals surface area contributed by atoms with Crippen molar-refractivity contribution in [3.05, 3.63) is 29.1 Å². The summed E-state index contributed by atoms with van der Waals surface area (Å²) in [5.74, 6) is 0.775. The number of hydrogen-bond acceptors (Lipinski definition) is 3. The van der Waals surface area contributed by atoms with Crippen LogP contribution in [0, 0.1) is 4.78 Å². The first-order valence-electron chi connectivity index (χ1n) is 5.01. The number of rotatable bonds is 0. The first kappa shape index (κ1) is 10.6. The smallest absolute Gasteiger partial charge is 0.0590 e. The zero-order valence-corrected chi connectivity index (χ0v) is 10.1. The first-order chi connectivity index (χ1) is 6.80. The van der Waals surface area contributed by atoms with E-state index in [-0.39, 0.29) is 5.41 Å². The van der Waals surface area contributed by atoms with E-state index in [1.54, 1.807) is 6.20 Å². The summed E-state index contributed by atoms with van der Waals surface area (Å²) in [5.41, 5.74) is 3.06. The second-order valence-electron chi connectivity index (χ2n) is 5.15. The lowest BCUT2D eigenvalue weighted by Crippen LogP contribution is -2.16. The van der Waals surface area contributed by atoms with Gasteiger partial charge in [0.25, 0.3) is 0 Å². The molecule has 0 unspecified atom stereocenters. The molecular weight excluding hydrogens is 208 g/mol. The molecule has 0 saturated heterocycles. The van der Waals surface area contributed by atoms with Crippen LogP contribution in [0.25, 0.3) is 0 Å². The van der Waals surface area contributed by atoms with Gasteiger partial charge in [-0.3, -0.25) is 9.76 Å². The fraction of sp³-hybridized carbons (Fsp3) is 0.545. The molecule has 1 N–H and O–H groups in total. The van der Waals surface area contributed by atoms with E-state index in [2.05, 4.69) is 25.8 Å². The Morgan fingerprint density at radius 1 is 1.40 bits per heavy atom. The van der Waals surface area contributed by atoms with Crippen molar-refractivity contribution in [3.63, 3.8) is 0 Å². The molecule has 0 spiro atoms. The van der Waals surface area contributed by atoms with Crippen molar-refractivity contribution in [2.45, 2.75) is 37.7 Å². The highest BCUT2D eigenvalue weighted by Gasteiger charge is 2.29. The van der Waals surface area contributed by atoms with Crippen molar-refractivity contribution in [2.75, 3.05) is 0 Å². The maximum Gasteiger partial charge on any atom is 0.0590 e. The molecule has 1 atom stereocenters. The molecule has 1 aliphatic heterocycles. The second kappa shape index (κ2) is 3.04. The lowest BCUT2D eigenvalue weighted by atomic mass is 9.87. The maximum absolute atomic E-state index is 11.8. The Morgan fingerprint density at radius 3 is 2.67 bits per heavy atom. The Labute approximate surface area is 90.9 Å². The molecule has 0 amide bonds. The molecule has 4 heteroatoms. The van der Waals surface area contributed by atoms with Crippen molar-refractivity contribution in [3.8, 4) is 0 Å². The van der Waals surface area contributed by atoms with Crippen molar-refractivity contribution in [2.24, 2.45) is 0 Å². The van der Waals surface area contributed by atoms with Crippen LogP contribution < -0.4 is 0 Å². The summed E-state index contributed by atoms with van der Waals surface area (Å²) in [4.78, 5) is 4.38. The highest BCUT2D eigenvalue weighted by atomic mass is 32.2. The molecule has 0 bridgehead atoms. The van der Waals surface area contributed by atoms with Crippen molar-refractivity contribution < 1.29 is 4.21 Å². The molecule has 0 radical (unpaired) electrons. The van der Waals surface area contributed by atoms with Crippen molar-refractivity contribution in [1.29, 1.82) is 4.78 Å². The van der Waals surface area contributed by atoms with E-state index >= 15 is 0 Å². The minimum absolute atomic E-state index is 0.0365. The third-order valence-corrected chi connectivity index (χ3v) is 4.16. The lowest BCUT2D eigenvalue weighted by Gasteiger charge is -2.20. The van der Waals surface area contributed by atoms with Gasteiger partial charge in [-0.15, -0.1) is 0 Å². The van der Waals surface area contributed by atoms with Crippen LogP contribution in [0.2, 0.25) is 0 Å². The molecule has 0 fully saturated rings. The molecule has 1 aliphatic rings. The van der Waals surface area contributed by atoms with Crippen LogP contribution in [-0.2, 0) is 26.6 Å². The number of pyridine rings is 1. The summed E-state index contributed by atoms with van der Waals surface area (Å²) in [6.45, 7) is 6.29. The molecule has 1 aromatic heterocycles. The standard InChI is InChI=1S/C11H16N2OS/c1-11(2,3)10-9-7-15(12,14)6-8(9)4-5-13-10/h4-5,12H,6-7H2,1-3H3/t15-/m0/s1. The Kier molecular flexibility index (Phi) is 2.15. The molecule has 82 valence electrons. The summed E-state index contributed by atoms with van der Waals surface area (Å²) in [7, 11) is -2.43. The third-order valence-electron chi connectivity index (χ3n) is 2.63. The van der Waals surface area contributed by atoms with Crippen LogP contribution in [0.4, 0.5) is 0 Å². The van der Waals surface area contributed by atoms with Gasteiger partial charge in [0.1, 0.15) is 0 Å². The average Bonchev–Trinajstić information content (AvgIpc) is 2.35. The molecule has 0 aliphatic carbocycles. The van der Waals surface area contributed by atoms with Gasteiger partial charge in [0.2, 0.25) is 0 Å². The number of nitrogens with zero attached hydrogens (tertiary/aromatic N) is 1. The quantitative estimate of drug-likeness (QED) is 0.736. The number of fused-ring (bicyclic) bond motifs is 1. The zero-order valence-electron chi connectivity index (χ0n) is 9.33. The number of aromatic nitrogens is 1. The Hall–Kier alpha value is -0.900. The molecule has 2 rings (SSSR count). The summed E-state index contributed by atoms with van der Waals surface area (Å²) >= 11 is 0. The Balaban J connectivity index is 2.61. The highest BCUT2D eigenvalue weighted by Crippen LogP contribution is 2.33. The predicted octanol–water partition coefficient (Wildman–Crippen LogP) is 2.44. The van der Waals surface area contributed by atoms with E-state index in [9.17, 15) is 4.21 Å². The molecule has 1 aromatic rings. The van der Waals surface area contributed by atoms with Gasteiger partial charge in [0, 0.05) is 11.6 Å². The van der Waals surface area contributed by atoms with E-state index in [4.69, 9.17) is 4.78 Å². The summed E-state index contributed by atoms with van der Waals surface area (Å²) in [5, 5.41) is 0. The van der Waals surface area contributed by atoms with Gasteiger partial charge in [-0.1, -0.05) is 20.8 Å². The maximum atomic E-state index is 11.8. The Morgan fingerprint density at radius 2 is 2.07 bits per heavy atom. The van der Waals surface area contributed by atoms with Crippen molar-refractivity contribution in [1.82, 2.24) is 4.98 Å². The van der Waals surface area contributed by atoms with Crippen LogP contribution in [0.3, 0.4) is 0 Å². The zero-order chi connectivity index (χ0) is 11.3. The summed E-state index contributed by atoms with van der Waals surface area (Å²) in [6, 6.07) is 1.89. The number of hydrogen-bond donors (Lipinski definition) is 1. The lowest BCUT2D eigenvalue weighted by molar-refractivity contribution is 0.563. The van der Waals surface area contributed by atoms with Crippen LogP contribution >= 0.6 is 0 Å². The second-order valence-corrected chi connectivity index (χ2v) is 7.35. The normalized spacial score (nSPS) is 25.3. The van der Waals surface area contributed by atoms with Gasteiger partial charge in [-0.05, 0) is 17.2 Å². The van der Waals surface area contributed by atoms with Crippen LogP contribution in [0.5, 0.6) is 0 Å². The summed E-state index contributed by atoms with van der Waals surface area (Å²) < 4.78 is 19.4. The monoisotopic (exact) mass is 224 g/mol. The third kappa shape index (κ3) is 1.91. The van der Waals surface area contributed by atoms with E-state index in [0.717, 1.165) is 16.8 Å². The summed E-state index contributed by atoms with van der Waals surface area (Å²) in [6.07, 6.45) is 1.76. The van der Waals surface area contributed by atoms with Gasteiger partial charge < -0.3 is 0 Å². The number of nitrogens with one attached hydrogen (secondary N) is 1. The minimum atomic E-state index is -2.43.